The van der Waals surface area contributed by atoms with Gasteiger partial charge in [0.1, 0.15) is 5.82 Å². The molecule has 0 aromatic carbocycles. The van der Waals surface area contributed by atoms with Gasteiger partial charge in [-0.1, -0.05) is 6.07 Å². The first-order valence-corrected chi connectivity index (χ1v) is 7.68. The van der Waals surface area contributed by atoms with E-state index in [2.05, 4.69) is 31.5 Å². The first kappa shape index (κ1) is 12.8. The number of anilines is 1. The summed E-state index contributed by atoms with van der Waals surface area (Å²) in [5, 5.41) is 11.0. The fourth-order valence-corrected chi connectivity index (χ4v) is 3.51. The van der Waals surface area contributed by atoms with E-state index in [9.17, 15) is 0 Å². The van der Waals surface area contributed by atoms with Gasteiger partial charge in [-0.2, -0.15) is 4.98 Å². The Balaban J connectivity index is 1.51. The van der Waals surface area contributed by atoms with Crippen molar-refractivity contribution in [2.24, 2.45) is 5.92 Å². The maximum absolute atomic E-state index is 4.69. The van der Waals surface area contributed by atoms with E-state index in [1.165, 1.54) is 12.8 Å². The van der Waals surface area contributed by atoms with Crippen LogP contribution in [0.5, 0.6) is 0 Å². The van der Waals surface area contributed by atoms with Gasteiger partial charge in [0.05, 0.1) is 0 Å². The molecule has 2 aromatic rings. The van der Waals surface area contributed by atoms with E-state index in [1.807, 2.05) is 12.3 Å². The van der Waals surface area contributed by atoms with Crippen LogP contribution in [0.4, 0.5) is 5.95 Å². The summed E-state index contributed by atoms with van der Waals surface area (Å²) in [6.45, 7) is 3.25. The maximum Gasteiger partial charge on any atom is 0.245 e. The van der Waals surface area contributed by atoms with Crippen molar-refractivity contribution < 1.29 is 0 Å². The van der Waals surface area contributed by atoms with Gasteiger partial charge in [0.25, 0.3) is 0 Å². The van der Waals surface area contributed by atoms with Crippen LogP contribution in [-0.4, -0.2) is 45.8 Å². The number of aromatic amines is 1. The Morgan fingerprint density at radius 2 is 2.33 bits per heavy atom. The topological polar surface area (TPSA) is 69.7 Å². The number of piperidine rings is 1. The molecule has 0 radical (unpaired) electrons. The van der Waals surface area contributed by atoms with E-state index in [1.54, 1.807) is 6.20 Å². The second kappa shape index (κ2) is 5.44. The van der Waals surface area contributed by atoms with Crippen molar-refractivity contribution in [2.75, 3.05) is 24.5 Å². The van der Waals surface area contributed by atoms with E-state index in [4.69, 9.17) is 4.98 Å². The number of hydrogen-bond donors (Lipinski definition) is 2. The SMILES string of the molecule is c1cncc(Cc2nc(N3CCCC4CNCC43)n[nH]2)c1. The Bertz CT molecular complexity index is 595. The summed E-state index contributed by atoms with van der Waals surface area (Å²) in [5.41, 5.74) is 1.15. The molecule has 2 saturated heterocycles. The molecule has 2 aliphatic heterocycles. The number of H-pyrrole nitrogens is 1. The van der Waals surface area contributed by atoms with Gasteiger partial charge < -0.3 is 10.2 Å². The van der Waals surface area contributed by atoms with Crippen LogP contribution in [0.25, 0.3) is 0 Å². The quantitative estimate of drug-likeness (QED) is 0.879. The van der Waals surface area contributed by atoms with Gasteiger partial charge in [-0.15, -0.1) is 5.10 Å². The molecule has 2 unspecified atom stereocenters. The second-order valence-corrected chi connectivity index (χ2v) is 5.94. The summed E-state index contributed by atoms with van der Waals surface area (Å²) in [6, 6.07) is 4.57. The number of fused-ring (bicyclic) bond motifs is 1. The average molecular weight is 284 g/mol. The van der Waals surface area contributed by atoms with Crippen LogP contribution in [0.1, 0.15) is 24.2 Å². The van der Waals surface area contributed by atoms with Gasteiger partial charge in [-0.3, -0.25) is 10.1 Å². The van der Waals surface area contributed by atoms with Crippen LogP contribution in [-0.2, 0) is 6.42 Å². The minimum Gasteiger partial charge on any atom is -0.335 e. The number of nitrogens with zero attached hydrogens (tertiary/aromatic N) is 4. The van der Waals surface area contributed by atoms with Crippen LogP contribution in [0.15, 0.2) is 24.5 Å². The van der Waals surface area contributed by atoms with Gasteiger partial charge in [0.15, 0.2) is 0 Å². The first-order chi connectivity index (χ1) is 10.4. The Morgan fingerprint density at radius 1 is 1.33 bits per heavy atom. The predicted molar refractivity (Wildman–Crippen MR) is 80.2 cm³/mol. The molecular formula is C15H20N6. The third kappa shape index (κ3) is 2.51. The van der Waals surface area contributed by atoms with Gasteiger partial charge in [0.2, 0.25) is 5.95 Å². The molecule has 4 heterocycles. The zero-order valence-electron chi connectivity index (χ0n) is 12.0. The van der Waals surface area contributed by atoms with Gasteiger partial charge in [-0.25, -0.2) is 0 Å². The molecule has 0 spiro atoms. The fourth-order valence-electron chi connectivity index (χ4n) is 3.51. The van der Waals surface area contributed by atoms with Crippen molar-refractivity contribution in [1.29, 1.82) is 0 Å². The average Bonchev–Trinajstić information content (AvgIpc) is 3.16. The first-order valence-electron chi connectivity index (χ1n) is 7.68. The van der Waals surface area contributed by atoms with E-state index >= 15 is 0 Å². The van der Waals surface area contributed by atoms with Gasteiger partial charge >= 0.3 is 0 Å². The minimum absolute atomic E-state index is 0.556. The van der Waals surface area contributed by atoms with Crippen molar-refractivity contribution >= 4 is 5.95 Å². The summed E-state index contributed by atoms with van der Waals surface area (Å²) >= 11 is 0. The van der Waals surface area contributed by atoms with Crippen molar-refractivity contribution in [3.8, 4) is 0 Å². The lowest BCUT2D eigenvalue weighted by Gasteiger charge is -2.36. The summed E-state index contributed by atoms with van der Waals surface area (Å²) in [7, 11) is 0. The second-order valence-electron chi connectivity index (χ2n) is 5.94. The molecule has 0 aliphatic carbocycles. The molecule has 2 aliphatic rings. The lowest BCUT2D eigenvalue weighted by molar-refractivity contribution is 0.381. The van der Waals surface area contributed by atoms with Crippen molar-refractivity contribution in [3.05, 3.63) is 35.9 Å². The van der Waals surface area contributed by atoms with Crippen LogP contribution >= 0.6 is 0 Å². The Labute approximate surface area is 124 Å². The van der Waals surface area contributed by atoms with Gasteiger partial charge in [0, 0.05) is 44.5 Å². The highest BCUT2D eigenvalue weighted by atomic mass is 15.4. The fraction of sp³-hybridized carbons (Fsp3) is 0.533. The number of pyridine rings is 1. The minimum atomic E-state index is 0.556. The van der Waals surface area contributed by atoms with Crippen LogP contribution in [0.2, 0.25) is 0 Å². The number of hydrogen-bond acceptors (Lipinski definition) is 5. The van der Waals surface area contributed by atoms with Crippen molar-refractivity contribution in [1.82, 2.24) is 25.5 Å². The molecule has 4 rings (SSSR count). The predicted octanol–water partition coefficient (Wildman–Crippen LogP) is 0.979. The largest absolute Gasteiger partial charge is 0.335 e. The third-order valence-electron chi connectivity index (χ3n) is 4.55. The highest BCUT2D eigenvalue weighted by Crippen LogP contribution is 2.29. The third-order valence-corrected chi connectivity index (χ3v) is 4.55. The summed E-state index contributed by atoms with van der Waals surface area (Å²) in [6.07, 6.45) is 6.97. The smallest absolute Gasteiger partial charge is 0.245 e. The molecule has 0 saturated carbocycles. The van der Waals surface area contributed by atoms with E-state index in [-0.39, 0.29) is 0 Å². The lowest BCUT2D eigenvalue weighted by atomic mass is 9.92. The summed E-state index contributed by atoms with van der Waals surface area (Å²) in [4.78, 5) is 11.2. The highest BCUT2D eigenvalue weighted by Gasteiger charge is 2.36. The molecule has 0 amide bonds. The number of aromatic nitrogens is 4. The Kier molecular flexibility index (Phi) is 3.31. The summed E-state index contributed by atoms with van der Waals surface area (Å²) < 4.78 is 0. The molecule has 110 valence electrons. The highest BCUT2D eigenvalue weighted by molar-refractivity contribution is 5.34. The normalized spacial score (nSPS) is 25.0. The Morgan fingerprint density at radius 3 is 3.24 bits per heavy atom. The van der Waals surface area contributed by atoms with Crippen LogP contribution in [0, 0.1) is 5.92 Å². The zero-order chi connectivity index (χ0) is 14.1. The van der Waals surface area contributed by atoms with Crippen LogP contribution < -0.4 is 10.2 Å². The molecule has 2 N–H and O–H groups in total. The molecule has 0 bridgehead atoms. The van der Waals surface area contributed by atoms with E-state index in [0.29, 0.717) is 6.04 Å². The molecule has 2 fully saturated rings. The van der Waals surface area contributed by atoms with E-state index < -0.39 is 0 Å². The molecular weight excluding hydrogens is 264 g/mol. The van der Waals surface area contributed by atoms with Crippen molar-refractivity contribution in [3.63, 3.8) is 0 Å². The van der Waals surface area contributed by atoms with E-state index in [0.717, 1.165) is 49.3 Å². The molecule has 2 atom stereocenters. The summed E-state index contributed by atoms with van der Waals surface area (Å²) in [5.74, 6) is 2.51. The monoisotopic (exact) mass is 284 g/mol. The maximum atomic E-state index is 4.69. The molecule has 6 heteroatoms. The lowest BCUT2D eigenvalue weighted by Crippen LogP contribution is -2.45. The standard InChI is InChI=1S/C15H20N6/c1-3-11(8-16-5-1)7-14-18-15(20-19-14)21-6-2-4-12-9-17-10-13(12)21/h1,3,5,8,12-13,17H,2,4,6-7,9-10H2,(H,18,19,20). The van der Waals surface area contributed by atoms with Crippen LogP contribution in [0.3, 0.4) is 0 Å². The number of rotatable bonds is 3. The molecule has 21 heavy (non-hydrogen) atoms. The number of nitrogens with one attached hydrogen (secondary N) is 2. The Hall–Kier alpha value is -1.95. The molecule has 2 aromatic heterocycles. The van der Waals surface area contributed by atoms with Crippen molar-refractivity contribution in [2.45, 2.75) is 25.3 Å². The zero-order valence-corrected chi connectivity index (χ0v) is 12.0. The molecule has 6 nitrogen and oxygen atoms in total. The van der Waals surface area contributed by atoms with Gasteiger partial charge in [-0.05, 0) is 30.4 Å².